The highest BCUT2D eigenvalue weighted by molar-refractivity contribution is 6.04. The Bertz CT molecular complexity index is 1830. The van der Waals surface area contributed by atoms with Crippen molar-refractivity contribution in [3.8, 4) is 11.3 Å². The quantitative estimate of drug-likeness (QED) is 0.268. The summed E-state index contributed by atoms with van der Waals surface area (Å²) in [7, 11) is 0. The van der Waals surface area contributed by atoms with Crippen molar-refractivity contribution in [1.29, 1.82) is 0 Å². The van der Waals surface area contributed by atoms with Crippen LogP contribution in [0.1, 0.15) is 69.6 Å². The molecular formula is C32H31N9O2. The number of hydrogen-bond acceptors (Lipinski definition) is 8. The molecule has 5 N–H and O–H groups in total. The number of carbonyl (C=O) groups excluding carboxylic acids is 2. The first kappa shape index (κ1) is 26.6. The molecule has 1 unspecified atom stereocenters. The first-order valence-electron chi connectivity index (χ1n) is 14.5. The van der Waals surface area contributed by atoms with E-state index in [1.165, 1.54) is 24.6 Å². The number of nitrogens with zero attached hydrogens (tertiary/aromatic N) is 6. The van der Waals surface area contributed by atoms with Gasteiger partial charge in [0.1, 0.15) is 34.5 Å². The van der Waals surface area contributed by atoms with E-state index in [1.54, 1.807) is 36.7 Å². The summed E-state index contributed by atoms with van der Waals surface area (Å²) in [5.74, 6) is 2.36. The van der Waals surface area contributed by atoms with Crippen LogP contribution >= 0.6 is 0 Å². The number of hydrogen-bond donors (Lipinski definition) is 3. The minimum Gasteiger partial charge on any atom is -0.384 e. The smallest absolute Gasteiger partial charge is 0.256 e. The normalized spacial score (nSPS) is 16.7. The number of pyridine rings is 2. The Morgan fingerprint density at radius 3 is 2.47 bits per heavy atom. The van der Waals surface area contributed by atoms with Crippen molar-refractivity contribution in [2.75, 3.05) is 29.9 Å². The van der Waals surface area contributed by atoms with Crippen LogP contribution in [-0.4, -0.2) is 54.1 Å². The van der Waals surface area contributed by atoms with E-state index in [9.17, 15) is 9.59 Å². The maximum Gasteiger partial charge on any atom is 0.256 e. The molecule has 1 aliphatic carbocycles. The molecule has 216 valence electrons. The zero-order chi connectivity index (χ0) is 29.5. The molecule has 1 aromatic carbocycles. The minimum absolute atomic E-state index is 0.00792. The number of rotatable bonds is 6. The van der Waals surface area contributed by atoms with Gasteiger partial charge in [0.25, 0.3) is 11.8 Å². The first-order chi connectivity index (χ1) is 20.9. The molecule has 5 aromatic rings. The van der Waals surface area contributed by atoms with Crippen molar-refractivity contribution in [1.82, 2.24) is 29.2 Å². The molecule has 1 atom stereocenters. The molecule has 11 nitrogen and oxygen atoms in total. The lowest BCUT2D eigenvalue weighted by atomic mass is 9.96. The molecule has 2 amide bonds. The third-order valence-electron chi connectivity index (χ3n) is 8.21. The van der Waals surface area contributed by atoms with E-state index in [2.05, 4.69) is 20.3 Å². The predicted molar refractivity (Wildman–Crippen MR) is 164 cm³/mol. The van der Waals surface area contributed by atoms with Gasteiger partial charge in [-0.25, -0.2) is 19.9 Å². The number of amides is 2. The van der Waals surface area contributed by atoms with Gasteiger partial charge in [-0.3, -0.25) is 14.0 Å². The summed E-state index contributed by atoms with van der Waals surface area (Å²) < 4.78 is 1.97. The van der Waals surface area contributed by atoms with Gasteiger partial charge in [-0.1, -0.05) is 12.1 Å². The summed E-state index contributed by atoms with van der Waals surface area (Å²) in [5.41, 5.74) is 16.5. The van der Waals surface area contributed by atoms with Crippen molar-refractivity contribution in [2.45, 2.75) is 37.5 Å². The lowest BCUT2D eigenvalue weighted by Crippen LogP contribution is -2.39. The Morgan fingerprint density at radius 1 is 0.884 bits per heavy atom. The van der Waals surface area contributed by atoms with Gasteiger partial charge in [0.15, 0.2) is 0 Å². The predicted octanol–water partition coefficient (Wildman–Crippen LogP) is 4.50. The second-order valence-electron chi connectivity index (χ2n) is 11.2. The average molecular weight is 574 g/mol. The molecule has 1 aliphatic heterocycles. The van der Waals surface area contributed by atoms with Gasteiger partial charge in [-0.2, -0.15) is 0 Å². The van der Waals surface area contributed by atoms with E-state index < -0.39 is 0 Å². The molecular weight excluding hydrogens is 542 g/mol. The van der Waals surface area contributed by atoms with Crippen molar-refractivity contribution >= 4 is 34.8 Å². The Kier molecular flexibility index (Phi) is 6.69. The number of fused-ring (bicyclic) bond motifs is 1. The molecule has 43 heavy (non-hydrogen) atoms. The number of imidazole rings is 1. The van der Waals surface area contributed by atoms with E-state index in [1.807, 2.05) is 39.8 Å². The Balaban J connectivity index is 1.14. The monoisotopic (exact) mass is 573 g/mol. The van der Waals surface area contributed by atoms with E-state index in [0.717, 1.165) is 24.2 Å². The number of nitrogens with two attached hydrogens (primary N) is 2. The number of likely N-dealkylation sites (tertiary alicyclic amines) is 1. The van der Waals surface area contributed by atoms with Crippen LogP contribution in [0.25, 0.3) is 16.8 Å². The fourth-order valence-corrected chi connectivity index (χ4v) is 5.82. The number of nitrogens with one attached hydrogen (secondary N) is 1. The number of carbonyl (C=O) groups is 2. The molecule has 7 rings (SSSR count). The lowest BCUT2D eigenvalue weighted by Gasteiger charge is -2.32. The number of piperidine rings is 1. The lowest BCUT2D eigenvalue weighted by molar-refractivity contribution is 0.0704. The van der Waals surface area contributed by atoms with Gasteiger partial charge in [0.2, 0.25) is 0 Å². The highest BCUT2D eigenvalue weighted by Crippen LogP contribution is 2.40. The van der Waals surface area contributed by atoms with Crippen LogP contribution in [0.5, 0.6) is 0 Å². The minimum atomic E-state index is -0.230. The van der Waals surface area contributed by atoms with Gasteiger partial charge in [0, 0.05) is 54.9 Å². The fourth-order valence-electron chi connectivity index (χ4n) is 5.82. The SMILES string of the molecule is Nc1ccc(C(=O)N2CCCC(c3nc(-c4ccc(C(=O)Nc5cc(C6CC6)ccn5)cc4)c4c(N)nccn34)C2)cn1. The maximum atomic E-state index is 13.2. The van der Waals surface area contributed by atoms with Crippen LogP contribution < -0.4 is 16.8 Å². The second kappa shape index (κ2) is 10.8. The van der Waals surface area contributed by atoms with Crippen molar-refractivity contribution in [3.63, 3.8) is 0 Å². The van der Waals surface area contributed by atoms with E-state index in [4.69, 9.17) is 16.5 Å². The van der Waals surface area contributed by atoms with Crippen molar-refractivity contribution in [3.05, 3.63) is 95.8 Å². The number of aromatic nitrogens is 5. The number of benzene rings is 1. The van der Waals surface area contributed by atoms with Gasteiger partial charge < -0.3 is 21.7 Å². The summed E-state index contributed by atoms with van der Waals surface area (Å²) in [6.07, 6.45) is 10.8. The molecule has 4 aromatic heterocycles. The number of anilines is 3. The summed E-state index contributed by atoms with van der Waals surface area (Å²) >= 11 is 0. The fraction of sp³-hybridized carbons (Fsp3) is 0.250. The van der Waals surface area contributed by atoms with E-state index >= 15 is 0 Å². The van der Waals surface area contributed by atoms with Gasteiger partial charge in [-0.05, 0) is 73.6 Å². The van der Waals surface area contributed by atoms with Crippen molar-refractivity contribution < 1.29 is 9.59 Å². The van der Waals surface area contributed by atoms with Crippen LogP contribution in [0.2, 0.25) is 0 Å². The van der Waals surface area contributed by atoms with Crippen LogP contribution in [-0.2, 0) is 0 Å². The average Bonchev–Trinajstić information content (AvgIpc) is 3.82. The topological polar surface area (TPSA) is 157 Å². The highest BCUT2D eigenvalue weighted by Gasteiger charge is 2.30. The Hall–Kier alpha value is -5.32. The molecule has 0 spiro atoms. The molecule has 2 aliphatic rings. The molecule has 1 saturated heterocycles. The van der Waals surface area contributed by atoms with Crippen LogP contribution in [0.15, 0.2) is 73.3 Å². The first-order valence-corrected chi connectivity index (χ1v) is 14.5. The molecule has 2 fully saturated rings. The summed E-state index contributed by atoms with van der Waals surface area (Å²) in [6.45, 7) is 1.17. The molecule has 0 radical (unpaired) electrons. The summed E-state index contributed by atoms with van der Waals surface area (Å²) in [6, 6.07) is 14.6. The van der Waals surface area contributed by atoms with E-state index in [0.29, 0.717) is 58.8 Å². The number of nitrogen functional groups attached to an aromatic ring is 2. The maximum absolute atomic E-state index is 13.2. The van der Waals surface area contributed by atoms with Gasteiger partial charge in [0.05, 0.1) is 5.56 Å². The van der Waals surface area contributed by atoms with Gasteiger partial charge >= 0.3 is 0 Å². The molecule has 11 heteroatoms. The van der Waals surface area contributed by atoms with E-state index in [-0.39, 0.29) is 17.7 Å². The standard InChI is InChI=1S/C32H31N9O2/c33-25-10-9-23(17-37-25)32(43)40-14-1-2-24(18-40)30-39-27(28-29(34)36-13-15-41(28)30)20-5-7-21(8-6-20)31(42)38-26-16-22(11-12-35-26)19-3-4-19/h5-13,15-17,19,24H,1-4,14,18H2,(H2,33,37)(H2,34,36)(H,35,38,42). The van der Waals surface area contributed by atoms with Crippen LogP contribution in [0, 0.1) is 0 Å². The molecule has 5 heterocycles. The molecule has 1 saturated carbocycles. The second-order valence-corrected chi connectivity index (χ2v) is 11.2. The van der Waals surface area contributed by atoms with Crippen LogP contribution in [0.3, 0.4) is 0 Å². The summed E-state index contributed by atoms with van der Waals surface area (Å²) in [5, 5.41) is 2.91. The Morgan fingerprint density at radius 2 is 1.70 bits per heavy atom. The molecule has 0 bridgehead atoms. The highest BCUT2D eigenvalue weighted by atomic mass is 16.2. The van der Waals surface area contributed by atoms with Crippen molar-refractivity contribution in [2.24, 2.45) is 0 Å². The summed E-state index contributed by atoms with van der Waals surface area (Å²) in [4.78, 5) is 45.8. The Labute approximate surface area is 248 Å². The zero-order valence-corrected chi connectivity index (χ0v) is 23.5. The van der Waals surface area contributed by atoms with Crippen LogP contribution in [0.4, 0.5) is 17.5 Å². The van der Waals surface area contributed by atoms with Gasteiger partial charge in [-0.15, -0.1) is 0 Å². The third kappa shape index (κ3) is 5.25. The third-order valence-corrected chi connectivity index (χ3v) is 8.21. The largest absolute Gasteiger partial charge is 0.384 e. The zero-order valence-electron chi connectivity index (χ0n) is 23.5.